The van der Waals surface area contributed by atoms with Crippen LogP contribution in [0.15, 0.2) is 60.1 Å². The van der Waals surface area contributed by atoms with E-state index in [2.05, 4.69) is 22.0 Å². The van der Waals surface area contributed by atoms with Gasteiger partial charge in [0.25, 0.3) is 0 Å². The first-order chi connectivity index (χ1) is 14.2. The second-order valence-electron chi connectivity index (χ2n) is 6.79. The van der Waals surface area contributed by atoms with Gasteiger partial charge in [-0.05, 0) is 48.7 Å². The molecule has 2 aromatic carbocycles. The maximum absolute atomic E-state index is 12.5. The van der Waals surface area contributed by atoms with Gasteiger partial charge in [0.2, 0.25) is 5.91 Å². The number of carbonyl (C=O) groups excluding carboxylic acids is 1. The van der Waals surface area contributed by atoms with Crippen LogP contribution in [-0.4, -0.2) is 22.4 Å². The van der Waals surface area contributed by atoms with Crippen LogP contribution in [0, 0.1) is 0 Å². The topological polar surface area (TPSA) is 55.6 Å². The quantitative estimate of drug-likeness (QED) is 0.459. The van der Waals surface area contributed by atoms with Gasteiger partial charge >= 0.3 is 0 Å². The van der Waals surface area contributed by atoms with Crippen molar-refractivity contribution in [2.24, 2.45) is 0 Å². The lowest BCUT2D eigenvalue weighted by atomic mass is 10.1. The summed E-state index contributed by atoms with van der Waals surface area (Å²) in [7, 11) is 1.66. The molecule has 2 heterocycles. The third-order valence-electron chi connectivity index (χ3n) is 4.95. The highest BCUT2D eigenvalue weighted by Crippen LogP contribution is 2.26. The molecule has 1 N–H and O–H groups in total. The number of imidazole rings is 1. The number of para-hydroxylation sites is 1. The second-order valence-corrected chi connectivity index (χ2v) is 7.63. The molecule has 0 fully saturated rings. The van der Waals surface area contributed by atoms with Crippen molar-refractivity contribution in [3.8, 4) is 17.0 Å². The number of benzene rings is 2. The number of nitrogens with one attached hydrogen (secondary N) is 1. The fourth-order valence-corrected chi connectivity index (χ4v) is 4.22. The van der Waals surface area contributed by atoms with Gasteiger partial charge in [0.1, 0.15) is 5.75 Å². The number of hydrogen-bond acceptors (Lipinski definition) is 4. The molecule has 4 rings (SSSR count). The lowest BCUT2D eigenvalue weighted by molar-refractivity contribution is -0.116. The van der Waals surface area contributed by atoms with E-state index in [1.165, 1.54) is 0 Å². The lowest BCUT2D eigenvalue weighted by Crippen LogP contribution is -2.14. The minimum atomic E-state index is 0.0285. The van der Waals surface area contributed by atoms with Crippen molar-refractivity contribution < 1.29 is 9.53 Å². The van der Waals surface area contributed by atoms with E-state index in [1.54, 1.807) is 18.4 Å². The Morgan fingerprint density at radius 3 is 2.72 bits per heavy atom. The highest BCUT2D eigenvalue weighted by molar-refractivity contribution is 7.15. The van der Waals surface area contributed by atoms with E-state index in [1.807, 2.05) is 54.7 Å². The molecule has 0 saturated carbocycles. The molecule has 0 aliphatic heterocycles. The van der Waals surface area contributed by atoms with Gasteiger partial charge in [-0.1, -0.05) is 25.1 Å². The van der Waals surface area contributed by atoms with E-state index in [0.29, 0.717) is 12.8 Å². The standard InChI is InChI=1S/C23H23N3O2S/c1-3-16-6-4-5-7-20(16)24-22(27)13-10-18-15-29-23-25-21(14-26(18)23)17-8-11-19(28-2)12-9-17/h4-9,11-12,14-15H,3,10,13H2,1-2H3,(H,24,27). The summed E-state index contributed by atoms with van der Waals surface area (Å²) in [6.45, 7) is 2.09. The largest absolute Gasteiger partial charge is 0.497 e. The van der Waals surface area contributed by atoms with Crippen molar-refractivity contribution in [3.05, 3.63) is 71.4 Å². The van der Waals surface area contributed by atoms with Crippen LogP contribution in [0.25, 0.3) is 16.2 Å². The minimum Gasteiger partial charge on any atom is -0.497 e. The zero-order valence-corrected chi connectivity index (χ0v) is 17.3. The summed E-state index contributed by atoms with van der Waals surface area (Å²) in [5, 5.41) is 5.12. The molecule has 0 spiro atoms. The van der Waals surface area contributed by atoms with Crippen LogP contribution in [0.3, 0.4) is 0 Å². The van der Waals surface area contributed by atoms with Crippen LogP contribution in [-0.2, 0) is 17.6 Å². The van der Waals surface area contributed by atoms with E-state index in [9.17, 15) is 4.79 Å². The van der Waals surface area contributed by atoms with Crippen molar-refractivity contribution in [1.82, 2.24) is 9.38 Å². The molecule has 0 atom stereocenters. The Morgan fingerprint density at radius 2 is 1.97 bits per heavy atom. The molecule has 0 radical (unpaired) electrons. The minimum absolute atomic E-state index is 0.0285. The van der Waals surface area contributed by atoms with Crippen LogP contribution in [0.1, 0.15) is 24.6 Å². The van der Waals surface area contributed by atoms with Gasteiger partial charge in [-0.15, -0.1) is 11.3 Å². The van der Waals surface area contributed by atoms with E-state index in [-0.39, 0.29) is 5.91 Å². The average Bonchev–Trinajstić information content (AvgIpc) is 3.34. The number of ether oxygens (including phenoxy) is 1. The van der Waals surface area contributed by atoms with Gasteiger partial charge < -0.3 is 10.1 Å². The Hall–Kier alpha value is -3.12. The van der Waals surface area contributed by atoms with Gasteiger partial charge in [0.15, 0.2) is 4.96 Å². The number of fused-ring (bicyclic) bond motifs is 1. The summed E-state index contributed by atoms with van der Waals surface area (Å²) in [5.41, 5.74) is 5.11. The molecule has 0 aliphatic rings. The van der Waals surface area contributed by atoms with Crippen molar-refractivity contribution in [3.63, 3.8) is 0 Å². The Bertz CT molecular complexity index is 1130. The Morgan fingerprint density at radius 1 is 1.17 bits per heavy atom. The Labute approximate surface area is 174 Å². The predicted molar refractivity (Wildman–Crippen MR) is 118 cm³/mol. The first-order valence-corrected chi connectivity index (χ1v) is 10.5. The second kappa shape index (κ2) is 8.49. The van der Waals surface area contributed by atoms with Gasteiger partial charge in [0, 0.05) is 34.9 Å². The molecule has 2 aromatic heterocycles. The number of nitrogens with zero attached hydrogens (tertiary/aromatic N) is 2. The van der Waals surface area contributed by atoms with Gasteiger partial charge in [-0.25, -0.2) is 4.98 Å². The molecular weight excluding hydrogens is 382 g/mol. The van der Waals surface area contributed by atoms with Crippen LogP contribution < -0.4 is 10.1 Å². The zero-order valence-electron chi connectivity index (χ0n) is 16.5. The van der Waals surface area contributed by atoms with Crippen molar-refractivity contribution in [2.75, 3.05) is 12.4 Å². The highest BCUT2D eigenvalue weighted by Gasteiger charge is 2.12. The van der Waals surface area contributed by atoms with Gasteiger partial charge in [-0.2, -0.15) is 0 Å². The molecule has 0 bridgehead atoms. The number of methoxy groups -OCH3 is 1. The summed E-state index contributed by atoms with van der Waals surface area (Å²) in [5.74, 6) is 0.854. The van der Waals surface area contributed by atoms with Gasteiger partial charge in [0.05, 0.1) is 12.8 Å². The maximum atomic E-state index is 12.5. The number of rotatable bonds is 7. The maximum Gasteiger partial charge on any atom is 0.224 e. The number of amides is 1. The first-order valence-electron chi connectivity index (χ1n) is 9.65. The van der Waals surface area contributed by atoms with Gasteiger partial charge in [-0.3, -0.25) is 9.20 Å². The summed E-state index contributed by atoms with van der Waals surface area (Å²) in [6, 6.07) is 15.8. The highest BCUT2D eigenvalue weighted by atomic mass is 32.1. The van der Waals surface area contributed by atoms with E-state index >= 15 is 0 Å². The summed E-state index contributed by atoms with van der Waals surface area (Å²) in [6.07, 6.45) is 4.02. The molecule has 1 amide bonds. The third-order valence-corrected chi connectivity index (χ3v) is 5.84. The van der Waals surface area contributed by atoms with Crippen molar-refractivity contribution in [2.45, 2.75) is 26.2 Å². The van der Waals surface area contributed by atoms with Crippen molar-refractivity contribution >= 4 is 27.9 Å². The molecule has 4 aromatic rings. The smallest absolute Gasteiger partial charge is 0.224 e. The molecule has 0 saturated heterocycles. The molecule has 5 nitrogen and oxygen atoms in total. The Kier molecular flexibility index (Phi) is 5.62. The average molecular weight is 406 g/mol. The number of aryl methyl sites for hydroxylation is 2. The molecular formula is C23H23N3O2S. The molecule has 0 aliphatic carbocycles. The monoisotopic (exact) mass is 405 g/mol. The fraction of sp³-hybridized carbons (Fsp3) is 0.217. The summed E-state index contributed by atoms with van der Waals surface area (Å²) >= 11 is 1.59. The molecule has 148 valence electrons. The van der Waals surface area contributed by atoms with Crippen LogP contribution in [0.4, 0.5) is 5.69 Å². The van der Waals surface area contributed by atoms with Crippen LogP contribution in [0.5, 0.6) is 5.75 Å². The lowest BCUT2D eigenvalue weighted by Gasteiger charge is -2.09. The predicted octanol–water partition coefficient (Wildman–Crippen LogP) is 5.21. The number of anilines is 1. The van der Waals surface area contributed by atoms with E-state index < -0.39 is 0 Å². The normalized spacial score (nSPS) is 11.0. The Balaban J connectivity index is 1.45. The molecule has 0 unspecified atom stereocenters. The third kappa shape index (κ3) is 4.17. The molecule has 6 heteroatoms. The number of aromatic nitrogens is 2. The number of thiazole rings is 1. The number of carbonyl (C=O) groups is 1. The SMILES string of the molecule is CCc1ccccc1NC(=O)CCc1csc2nc(-c3ccc(OC)cc3)cn12. The van der Waals surface area contributed by atoms with Crippen LogP contribution in [0.2, 0.25) is 0 Å². The molecule has 29 heavy (non-hydrogen) atoms. The zero-order chi connectivity index (χ0) is 20.2. The summed E-state index contributed by atoms with van der Waals surface area (Å²) < 4.78 is 7.30. The first kappa shape index (κ1) is 19.2. The van der Waals surface area contributed by atoms with E-state index in [4.69, 9.17) is 9.72 Å². The number of hydrogen-bond donors (Lipinski definition) is 1. The fourth-order valence-electron chi connectivity index (χ4n) is 3.31. The van der Waals surface area contributed by atoms with Crippen LogP contribution >= 0.6 is 11.3 Å². The summed E-state index contributed by atoms with van der Waals surface area (Å²) in [4.78, 5) is 18.1. The van der Waals surface area contributed by atoms with Crippen molar-refractivity contribution in [1.29, 1.82) is 0 Å². The van der Waals surface area contributed by atoms with E-state index in [0.717, 1.165) is 45.3 Å².